The van der Waals surface area contributed by atoms with Crippen molar-refractivity contribution in [3.8, 4) is 0 Å². The van der Waals surface area contributed by atoms with Crippen molar-refractivity contribution >= 4 is 39.1 Å². The third-order valence-corrected chi connectivity index (χ3v) is 4.21. The average molecular weight is 280 g/mol. The van der Waals surface area contributed by atoms with Gasteiger partial charge in [0.25, 0.3) is 0 Å². The number of carbonyl (C=O) groups excluding carboxylic acids is 1. The van der Waals surface area contributed by atoms with Crippen molar-refractivity contribution in [1.82, 2.24) is 0 Å². The third-order valence-electron chi connectivity index (χ3n) is 3.60. The van der Waals surface area contributed by atoms with Gasteiger partial charge in [0.05, 0.1) is 0 Å². The van der Waals surface area contributed by atoms with Crippen molar-refractivity contribution in [2.45, 2.75) is 6.42 Å². The number of hydrogen-bond donors (Lipinski definition) is 0. The van der Waals surface area contributed by atoms with Gasteiger partial charge in [-0.05, 0) is 33.9 Å². The summed E-state index contributed by atoms with van der Waals surface area (Å²) < 4.78 is 0. The number of hydrogen-bond acceptors (Lipinski definition) is 2. The number of benzene rings is 3. The van der Waals surface area contributed by atoms with Crippen LogP contribution in [0.2, 0.25) is 0 Å². The first-order chi connectivity index (χ1) is 9.81. The van der Waals surface area contributed by atoms with Crippen LogP contribution in [0.3, 0.4) is 0 Å². The molecule has 0 amide bonds. The van der Waals surface area contributed by atoms with Gasteiger partial charge in [-0.2, -0.15) is 11.8 Å². The van der Waals surface area contributed by atoms with E-state index in [4.69, 9.17) is 0 Å². The maximum atomic E-state index is 12.4. The Morgan fingerprint density at radius 2 is 1.60 bits per heavy atom. The van der Waals surface area contributed by atoms with Crippen LogP contribution in [0.15, 0.2) is 54.6 Å². The van der Waals surface area contributed by atoms with Gasteiger partial charge in [-0.3, -0.25) is 4.79 Å². The van der Waals surface area contributed by atoms with Crippen LogP contribution in [0.4, 0.5) is 0 Å². The lowest BCUT2D eigenvalue weighted by Gasteiger charge is -2.09. The summed E-state index contributed by atoms with van der Waals surface area (Å²) in [5, 5.41) is 4.58. The van der Waals surface area contributed by atoms with Crippen LogP contribution >= 0.6 is 11.8 Å². The van der Waals surface area contributed by atoms with E-state index >= 15 is 0 Å². The molecular weight excluding hydrogens is 264 g/mol. The molecule has 0 heterocycles. The number of ketones is 1. The molecule has 3 aromatic rings. The first-order valence-electron chi connectivity index (χ1n) is 6.74. The monoisotopic (exact) mass is 280 g/mol. The molecule has 2 heteroatoms. The fourth-order valence-corrected chi connectivity index (χ4v) is 3.00. The van der Waals surface area contributed by atoms with E-state index in [9.17, 15) is 4.79 Å². The topological polar surface area (TPSA) is 17.1 Å². The van der Waals surface area contributed by atoms with Crippen LogP contribution in [0.5, 0.6) is 0 Å². The van der Waals surface area contributed by atoms with Gasteiger partial charge in [-0.15, -0.1) is 0 Å². The quantitative estimate of drug-likeness (QED) is 0.498. The fourth-order valence-electron chi connectivity index (χ4n) is 2.61. The molecule has 0 spiro atoms. The van der Waals surface area contributed by atoms with Gasteiger partial charge in [0.1, 0.15) is 0 Å². The molecule has 3 rings (SSSR count). The molecule has 3 aromatic carbocycles. The standard InChI is InChI=1S/C18H16OS/c1-20-11-10-18(19)17-12-13-6-2-3-7-14(13)15-8-4-5-9-16(15)17/h2-9,12H,10-11H2,1H3. The van der Waals surface area contributed by atoms with E-state index in [2.05, 4.69) is 18.2 Å². The summed E-state index contributed by atoms with van der Waals surface area (Å²) >= 11 is 1.71. The lowest BCUT2D eigenvalue weighted by Crippen LogP contribution is -2.01. The Morgan fingerprint density at radius 1 is 0.950 bits per heavy atom. The molecule has 0 atom stereocenters. The number of rotatable bonds is 4. The molecule has 1 nitrogen and oxygen atoms in total. The molecule has 0 aromatic heterocycles. The van der Waals surface area contributed by atoms with Crippen molar-refractivity contribution in [3.05, 3.63) is 60.2 Å². The van der Waals surface area contributed by atoms with Crippen LogP contribution in [0.1, 0.15) is 16.8 Å². The second-order valence-electron chi connectivity index (χ2n) is 4.86. The summed E-state index contributed by atoms with van der Waals surface area (Å²) in [6.07, 6.45) is 2.63. The Kier molecular flexibility index (Phi) is 3.75. The molecule has 0 aliphatic rings. The van der Waals surface area contributed by atoms with Gasteiger partial charge in [-0.25, -0.2) is 0 Å². The van der Waals surface area contributed by atoms with Crippen LogP contribution in [0, 0.1) is 0 Å². The lowest BCUT2D eigenvalue weighted by molar-refractivity contribution is 0.0991. The Morgan fingerprint density at radius 3 is 2.35 bits per heavy atom. The Labute approximate surface area is 123 Å². The summed E-state index contributed by atoms with van der Waals surface area (Å²) in [4.78, 5) is 12.4. The average Bonchev–Trinajstić information content (AvgIpc) is 2.52. The third kappa shape index (κ3) is 2.32. The minimum atomic E-state index is 0.237. The summed E-state index contributed by atoms with van der Waals surface area (Å²) in [5.41, 5.74) is 0.855. The SMILES string of the molecule is CSCCC(=O)c1cc2ccccc2c2ccccc12. The summed E-state index contributed by atoms with van der Waals surface area (Å²) in [6, 6.07) is 18.5. The highest BCUT2D eigenvalue weighted by Gasteiger charge is 2.12. The second kappa shape index (κ2) is 5.68. The molecule has 0 aliphatic heterocycles. The van der Waals surface area contributed by atoms with Gasteiger partial charge < -0.3 is 0 Å². The largest absolute Gasteiger partial charge is 0.294 e. The van der Waals surface area contributed by atoms with Gasteiger partial charge >= 0.3 is 0 Å². The van der Waals surface area contributed by atoms with E-state index in [1.54, 1.807) is 11.8 Å². The molecule has 0 radical (unpaired) electrons. The smallest absolute Gasteiger partial charge is 0.164 e. The molecular formula is C18H16OS. The normalized spacial score (nSPS) is 11.1. The van der Waals surface area contributed by atoms with E-state index in [0.29, 0.717) is 6.42 Å². The number of Topliss-reactive ketones (excluding diaryl/α,β-unsaturated/α-hetero) is 1. The fraction of sp³-hybridized carbons (Fsp3) is 0.167. The van der Waals surface area contributed by atoms with Crippen LogP contribution in [0.25, 0.3) is 21.5 Å². The van der Waals surface area contributed by atoms with E-state index < -0.39 is 0 Å². The molecule has 0 fully saturated rings. The Hall–Kier alpha value is -1.80. The van der Waals surface area contributed by atoms with Crippen molar-refractivity contribution in [2.75, 3.05) is 12.0 Å². The van der Waals surface area contributed by atoms with Gasteiger partial charge in [0, 0.05) is 17.7 Å². The van der Waals surface area contributed by atoms with Crippen LogP contribution in [-0.2, 0) is 0 Å². The first-order valence-corrected chi connectivity index (χ1v) is 8.13. The van der Waals surface area contributed by atoms with Gasteiger partial charge in [0.15, 0.2) is 5.78 Å². The molecule has 0 unspecified atom stereocenters. The van der Waals surface area contributed by atoms with Crippen LogP contribution < -0.4 is 0 Å². The zero-order chi connectivity index (χ0) is 13.9. The van der Waals surface area contributed by atoms with Crippen molar-refractivity contribution in [3.63, 3.8) is 0 Å². The first kappa shape index (κ1) is 13.2. The van der Waals surface area contributed by atoms with Crippen molar-refractivity contribution in [1.29, 1.82) is 0 Å². The highest BCUT2D eigenvalue weighted by atomic mass is 32.2. The van der Waals surface area contributed by atoms with Gasteiger partial charge in [0.2, 0.25) is 0 Å². The molecule has 0 saturated heterocycles. The predicted molar refractivity (Wildman–Crippen MR) is 88.8 cm³/mol. The van der Waals surface area contributed by atoms with Crippen molar-refractivity contribution in [2.24, 2.45) is 0 Å². The number of fused-ring (bicyclic) bond motifs is 3. The lowest BCUT2D eigenvalue weighted by atomic mass is 9.94. The predicted octanol–water partition coefficient (Wildman–Crippen LogP) is 4.93. The van der Waals surface area contributed by atoms with Crippen molar-refractivity contribution < 1.29 is 4.79 Å². The highest BCUT2D eigenvalue weighted by Crippen LogP contribution is 2.29. The minimum absolute atomic E-state index is 0.237. The number of carbonyl (C=O) groups is 1. The summed E-state index contributed by atoms with van der Waals surface area (Å²) in [7, 11) is 0. The molecule has 0 bridgehead atoms. The maximum Gasteiger partial charge on any atom is 0.164 e. The Bertz CT molecular complexity index is 777. The number of thioether (sulfide) groups is 1. The highest BCUT2D eigenvalue weighted by molar-refractivity contribution is 7.98. The van der Waals surface area contributed by atoms with E-state index in [-0.39, 0.29) is 5.78 Å². The van der Waals surface area contributed by atoms with E-state index in [1.165, 1.54) is 5.39 Å². The molecule has 0 saturated carbocycles. The molecule has 100 valence electrons. The summed E-state index contributed by atoms with van der Waals surface area (Å²) in [6.45, 7) is 0. The molecule has 0 aliphatic carbocycles. The van der Waals surface area contributed by atoms with Crippen LogP contribution in [-0.4, -0.2) is 17.8 Å². The van der Waals surface area contributed by atoms with E-state index in [0.717, 1.165) is 27.5 Å². The molecule has 0 N–H and O–H groups in total. The summed E-state index contributed by atoms with van der Waals surface area (Å²) in [5.74, 6) is 1.11. The van der Waals surface area contributed by atoms with E-state index in [1.807, 2.05) is 42.7 Å². The maximum absolute atomic E-state index is 12.4. The minimum Gasteiger partial charge on any atom is -0.294 e. The second-order valence-corrected chi connectivity index (χ2v) is 5.84. The molecule has 20 heavy (non-hydrogen) atoms. The van der Waals surface area contributed by atoms with Gasteiger partial charge in [-0.1, -0.05) is 48.5 Å². The zero-order valence-electron chi connectivity index (χ0n) is 11.4. The zero-order valence-corrected chi connectivity index (χ0v) is 12.2. The Balaban J connectivity index is 2.26.